The number of benzene rings is 4. The molecule has 2 amide bonds. The molecule has 0 unspecified atom stereocenters. The van der Waals surface area contributed by atoms with Gasteiger partial charge in [-0.05, 0) is 77.2 Å². The Kier molecular flexibility index (Phi) is 5.57. The van der Waals surface area contributed by atoms with Gasteiger partial charge in [-0.3, -0.25) is 9.59 Å². The molecule has 5 aromatic rings. The van der Waals surface area contributed by atoms with Crippen LogP contribution in [0, 0.1) is 5.82 Å². The number of fused-ring (bicyclic) bond motifs is 2. The van der Waals surface area contributed by atoms with Gasteiger partial charge in [0.25, 0.3) is 11.8 Å². The molecule has 0 saturated carbocycles. The zero-order valence-corrected chi connectivity index (χ0v) is 19.9. The molecule has 2 heterocycles. The van der Waals surface area contributed by atoms with E-state index in [1.165, 1.54) is 23.3 Å². The lowest BCUT2D eigenvalue weighted by Crippen LogP contribution is -2.25. The second-order valence-corrected chi connectivity index (χ2v) is 9.31. The molecule has 0 radical (unpaired) electrons. The molecule has 1 aliphatic heterocycles. The minimum atomic E-state index is -0.616. The number of nitrogens with two attached hydrogens (primary N) is 1. The summed E-state index contributed by atoms with van der Waals surface area (Å²) < 4.78 is 19.4. The maximum Gasteiger partial charge on any atom is 0.254 e. The van der Waals surface area contributed by atoms with E-state index >= 15 is 0 Å². The number of halogens is 1. The SMILES string of the molecule is NC(=O)c1c(-c2ccc(F)cc2)oc2ccc(Cc3cccc(C(=O)N4Cc5ccccc5C4)c3)cc12. The molecule has 0 bridgehead atoms. The zero-order chi connectivity index (χ0) is 25.5. The monoisotopic (exact) mass is 490 g/mol. The second-order valence-electron chi connectivity index (χ2n) is 9.31. The van der Waals surface area contributed by atoms with Gasteiger partial charge in [0.05, 0.1) is 5.56 Å². The first-order valence-corrected chi connectivity index (χ1v) is 12.0. The van der Waals surface area contributed by atoms with E-state index in [1.807, 2.05) is 53.4 Å². The summed E-state index contributed by atoms with van der Waals surface area (Å²) in [6.45, 7) is 1.23. The molecule has 1 aliphatic rings. The van der Waals surface area contributed by atoms with Gasteiger partial charge in [0.1, 0.15) is 17.2 Å². The van der Waals surface area contributed by atoms with Gasteiger partial charge in [0, 0.05) is 29.6 Å². The quantitative estimate of drug-likeness (QED) is 0.324. The van der Waals surface area contributed by atoms with Gasteiger partial charge in [0.2, 0.25) is 0 Å². The number of hydrogen-bond acceptors (Lipinski definition) is 3. The van der Waals surface area contributed by atoms with Gasteiger partial charge >= 0.3 is 0 Å². The smallest absolute Gasteiger partial charge is 0.254 e. The van der Waals surface area contributed by atoms with Gasteiger partial charge in [-0.15, -0.1) is 0 Å². The van der Waals surface area contributed by atoms with Crippen LogP contribution in [0.25, 0.3) is 22.3 Å². The third kappa shape index (κ3) is 4.27. The molecule has 6 rings (SSSR count). The third-order valence-corrected chi connectivity index (χ3v) is 6.82. The fourth-order valence-corrected chi connectivity index (χ4v) is 5.01. The number of nitrogens with zero attached hydrogens (tertiary/aromatic N) is 1. The molecule has 1 aromatic heterocycles. The molecule has 0 saturated heterocycles. The van der Waals surface area contributed by atoms with Gasteiger partial charge in [-0.1, -0.05) is 42.5 Å². The lowest BCUT2D eigenvalue weighted by atomic mass is 9.99. The fraction of sp³-hybridized carbons (Fsp3) is 0.0968. The Bertz CT molecular complexity index is 1650. The van der Waals surface area contributed by atoms with E-state index in [-0.39, 0.29) is 17.3 Å². The van der Waals surface area contributed by atoms with Crippen LogP contribution in [0.1, 0.15) is 43.0 Å². The van der Waals surface area contributed by atoms with Crippen LogP contribution in [0.15, 0.2) is 95.4 Å². The molecule has 37 heavy (non-hydrogen) atoms. The van der Waals surface area contributed by atoms with E-state index in [0.29, 0.717) is 47.4 Å². The van der Waals surface area contributed by atoms with E-state index in [0.717, 1.165) is 11.1 Å². The molecule has 0 aliphatic carbocycles. The molecular weight excluding hydrogens is 467 g/mol. The highest BCUT2D eigenvalue weighted by Gasteiger charge is 2.24. The number of furan rings is 1. The molecule has 5 nitrogen and oxygen atoms in total. The van der Waals surface area contributed by atoms with E-state index in [2.05, 4.69) is 12.1 Å². The number of rotatable bonds is 5. The zero-order valence-electron chi connectivity index (χ0n) is 19.9. The Hall–Kier alpha value is -4.71. The Morgan fingerprint density at radius 1 is 0.838 bits per heavy atom. The summed E-state index contributed by atoms with van der Waals surface area (Å²) >= 11 is 0. The molecular formula is C31H23FN2O3. The van der Waals surface area contributed by atoms with Crippen molar-refractivity contribution in [2.75, 3.05) is 0 Å². The molecule has 0 spiro atoms. The highest BCUT2D eigenvalue weighted by atomic mass is 19.1. The highest BCUT2D eigenvalue weighted by Crippen LogP contribution is 2.34. The highest BCUT2D eigenvalue weighted by molar-refractivity contribution is 6.10. The van der Waals surface area contributed by atoms with Crippen LogP contribution in [-0.2, 0) is 19.5 Å². The molecule has 0 fully saturated rings. The van der Waals surface area contributed by atoms with Crippen molar-refractivity contribution >= 4 is 22.8 Å². The van der Waals surface area contributed by atoms with Crippen molar-refractivity contribution in [3.63, 3.8) is 0 Å². The van der Waals surface area contributed by atoms with E-state index in [4.69, 9.17) is 10.2 Å². The summed E-state index contributed by atoms with van der Waals surface area (Å²) in [5.41, 5.74) is 12.0. The normalized spacial score (nSPS) is 12.6. The van der Waals surface area contributed by atoms with E-state index < -0.39 is 5.91 Å². The van der Waals surface area contributed by atoms with Crippen LogP contribution >= 0.6 is 0 Å². The van der Waals surface area contributed by atoms with E-state index in [1.54, 1.807) is 18.2 Å². The largest absolute Gasteiger partial charge is 0.455 e. The molecule has 4 aromatic carbocycles. The van der Waals surface area contributed by atoms with Crippen LogP contribution in [0.2, 0.25) is 0 Å². The molecule has 0 atom stereocenters. The molecule has 6 heteroatoms. The number of primary amides is 1. The van der Waals surface area contributed by atoms with Crippen molar-refractivity contribution in [1.29, 1.82) is 0 Å². The summed E-state index contributed by atoms with van der Waals surface area (Å²) in [5.74, 6) is -0.672. The van der Waals surface area contributed by atoms with Crippen LogP contribution in [0.3, 0.4) is 0 Å². The van der Waals surface area contributed by atoms with Crippen molar-refractivity contribution < 1.29 is 18.4 Å². The fourth-order valence-electron chi connectivity index (χ4n) is 5.01. The molecule has 182 valence electrons. The number of carbonyl (C=O) groups excluding carboxylic acids is 2. The average molecular weight is 491 g/mol. The van der Waals surface area contributed by atoms with Crippen LogP contribution in [-0.4, -0.2) is 16.7 Å². The van der Waals surface area contributed by atoms with Crippen molar-refractivity contribution in [3.05, 3.63) is 130 Å². The van der Waals surface area contributed by atoms with E-state index in [9.17, 15) is 14.0 Å². The van der Waals surface area contributed by atoms with Gasteiger partial charge in [0.15, 0.2) is 0 Å². The Labute approximate surface area is 212 Å². The third-order valence-electron chi connectivity index (χ3n) is 6.82. The first-order chi connectivity index (χ1) is 18.0. The van der Waals surface area contributed by atoms with Gasteiger partial charge < -0.3 is 15.1 Å². The summed E-state index contributed by atoms with van der Waals surface area (Å²) in [4.78, 5) is 27.5. The summed E-state index contributed by atoms with van der Waals surface area (Å²) in [6.07, 6.45) is 0.562. The number of hydrogen-bond donors (Lipinski definition) is 1. The summed E-state index contributed by atoms with van der Waals surface area (Å²) in [7, 11) is 0. The topological polar surface area (TPSA) is 76.5 Å². The molecule has 2 N–H and O–H groups in total. The lowest BCUT2D eigenvalue weighted by molar-refractivity contribution is 0.0751. The Morgan fingerprint density at radius 2 is 1.54 bits per heavy atom. The average Bonchev–Trinajstić information content (AvgIpc) is 3.50. The predicted octanol–water partition coefficient (Wildman–Crippen LogP) is 6.08. The predicted molar refractivity (Wildman–Crippen MR) is 139 cm³/mol. The van der Waals surface area contributed by atoms with Crippen molar-refractivity contribution in [2.24, 2.45) is 5.73 Å². The van der Waals surface area contributed by atoms with Gasteiger partial charge in [-0.25, -0.2) is 4.39 Å². The van der Waals surface area contributed by atoms with Crippen LogP contribution in [0.4, 0.5) is 4.39 Å². The maximum atomic E-state index is 13.4. The van der Waals surface area contributed by atoms with Crippen LogP contribution < -0.4 is 5.73 Å². The minimum Gasteiger partial charge on any atom is -0.455 e. The summed E-state index contributed by atoms with van der Waals surface area (Å²) in [6, 6.07) is 27.1. The minimum absolute atomic E-state index is 0.00305. The number of carbonyl (C=O) groups is 2. The maximum absolute atomic E-state index is 13.4. The Balaban J connectivity index is 1.28. The Morgan fingerprint density at radius 3 is 2.24 bits per heavy atom. The van der Waals surface area contributed by atoms with Crippen molar-refractivity contribution in [1.82, 2.24) is 4.90 Å². The van der Waals surface area contributed by atoms with Crippen LogP contribution in [0.5, 0.6) is 0 Å². The standard InChI is InChI=1S/C31H23FN2O3/c32-25-11-9-21(10-12-25)29-28(30(33)35)26-16-20(8-13-27(26)37-29)14-19-4-3-7-22(15-19)31(36)34-17-23-5-1-2-6-24(23)18-34/h1-13,15-16H,14,17-18H2,(H2,33,35). The second kappa shape index (κ2) is 9.06. The van der Waals surface area contributed by atoms with Gasteiger partial charge in [-0.2, -0.15) is 0 Å². The first-order valence-electron chi connectivity index (χ1n) is 12.0. The van der Waals surface area contributed by atoms with Crippen molar-refractivity contribution in [3.8, 4) is 11.3 Å². The summed E-state index contributed by atoms with van der Waals surface area (Å²) in [5, 5.41) is 0.603. The lowest BCUT2D eigenvalue weighted by Gasteiger charge is -2.16. The van der Waals surface area contributed by atoms with Crippen molar-refractivity contribution in [2.45, 2.75) is 19.5 Å². The number of amides is 2. The first kappa shape index (κ1) is 22.7.